The molecule has 4 nitrogen and oxygen atoms in total. The van der Waals surface area contributed by atoms with Crippen molar-refractivity contribution in [3.05, 3.63) is 23.9 Å². The molecule has 1 aromatic heterocycles. The number of rotatable bonds is 6. The van der Waals surface area contributed by atoms with Crippen molar-refractivity contribution in [1.82, 2.24) is 9.88 Å². The van der Waals surface area contributed by atoms with E-state index in [2.05, 4.69) is 41.7 Å². The van der Waals surface area contributed by atoms with Crippen LogP contribution in [0.15, 0.2) is 18.3 Å². The summed E-state index contributed by atoms with van der Waals surface area (Å²) in [6, 6.07) is 5.02. The molecule has 1 aliphatic heterocycles. The maximum absolute atomic E-state index is 6.14. The summed E-state index contributed by atoms with van der Waals surface area (Å²) in [5, 5.41) is 0. The number of piperidine rings is 1. The van der Waals surface area contributed by atoms with E-state index in [1.54, 1.807) is 0 Å². The molecule has 0 spiro atoms. The number of hydrogen-bond acceptors (Lipinski definition) is 4. The van der Waals surface area contributed by atoms with Crippen molar-refractivity contribution >= 4 is 5.82 Å². The molecule has 118 valence electrons. The zero-order chi connectivity index (χ0) is 15.2. The zero-order valence-electron chi connectivity index (χ0n) is 13.8. The van der Waals surface area contributed by atoms with Gasteiger partial charge in [-0.1, -0.05) is 19.9 Å². The molecule has 0 saturated carbocycles. The Labute approximate surface area is 129 Å². The number of anilines is 1. The average molecular weight is 290 g/mol. The third-order valence-corrected chi connectivity index (χ3v) is 4.76. The van der Waals surface area contributed by atoms with Crippen LogP contribution in [0.25, 0.3) is 0 Å². The quantitative estimate of drug-likeness (QED) is 0.873. The summed E-state index contributed by atoms with van der Waals surface area (Å²) in [6.07, 6.45) is 6.26. The van der Waals surface area contributed by atoms with E-state index in [-0.39, 0.29) is 6.04 Å². The van der Waals surface area contributed by atoms with E-state index in [9.17, 15) is 0 Å². The Morgan fingerprint density at radius 1 is 1.38 bits per heavy atom. The van der Waals surface area contributed by atoms with Crippen molar-refractivity contribution in [1.29, 1.82) is 0 Å². The lowest BCUT2D eigenvalue weighted by molar-refractivity contribution is 0.220. The SMILES string of the molecule is CCC(N)Cc1cccnc1N(C)C1CCN(CC)CC1. The minimum absolute atomic E-state index is 0.225. The van der Waals surface area contributed by atoms with Gasteiger partial charge in [0.2, 0.25) is 0 Å². The van der Waals surface area contributed by atoms with Crippen molar-refractivity contribution in [2.45, 2.75) is 51.6 Å². The summed E-state index contributed by atoms with van der Waals surface area (Å²) in [4.78, 5) is 9.54. The molecule has 1 aliphatic rings. The fourth-order valence-electron chi connectivity index (χ4n) is 3.13. The van der Waals surface area contributed by atoms with E-state index in [4.69, 9.17) is 5.73 Å². The topological polar surface area (TPSA) is 45.4 Å². The fourth-order valence-corrected chi connectivity index (χ4v) is 3.13. The normalized spacial score (nSPS) is 18.7. The van der Waals surface area contributed by atoms with Crippen LogP contribution in [0.2, 0.25) is 0 Å². The molecule has 1 fully saturated rings. The second kappa shape index (κ2) is 7.76. The number of aromatic nitrogens is 1. The minimum atomic E-state index is 0.225. The van der Waals surface area contributed by atoms with Gasteiger partial charge in [-0.25, -0.2) is 4.98 Å². The van der Waals surface area contributed by atoms with Crippen molar-refractivity contribution in [2.24, 2.45) is 5.73 Å². The molecule has 2 rings (SSSR count). The molecule has 21 heavy (non-hydrogen) atoms. The van der Waals surface area contributed by atoms with Crippen LogP contribution in [0, 0.1) is 0 Å². The van der Waals surface area contributed by atoms with Crippen LogP contribution < -0.4 is 10.6 Å². The first-order valence-corrected chi connectivity index (χ1v) is 8.30. The van der Waals surface area contributed by atoms with Crippen LogP contribution in [0.1, 0.15) is 38.7 Å². The van der Waals surface area contributed by atoms with Crippen LogP contribution >= 0.6 is 0 Å². The summed E-state index contributed by atoms with van der Waals surface area (Å²) in [5.41, 5.74) is 7.42. The predicted octanol–water partition coefficient (Wildman–Crippen LogP) is 2.28. The van der Waals surface area contributed by atoms with Crippen molar-refractivity contribution < 1.29 is 0 Å². The van der Waals surface area contributed by atoms with Gasteiger partial charge in [0.15, 0.2) is 0 Å². The zero-order valence-corrected chi connectivity index (χ0v) is 13.8. The van der Waals surface area contributed by atoms with Gasteiger partial charge in [0.25, 0.3) is 0 Å². The van der Waals surface area contributed by atoms with Crippen LogP contribution in [0.4, 0.5) is 5.82 Å². The first kappa shape index (κ1) is 16.2. The van der Waals surface area contributed by atoms with Crippen molar-refractivity contribution in [3.63, 3.8) is 0 Å². The number of nitrogens with two attached hydrogens (primary N) is 1. The first-order chi connectivity index (χ1) is 10.2. The van der Waals surface area contributed by atoms with E-state index in [0.717, 1.165) is 25.2 Å². The molecule has 0 aromatic carbocycles. The van der Waals surface area contributed by atoms with E-state index in [1.807, 2.05) is 12.3 Å². The number of likely N-dealkylation sites (tertiary alicyclic amines) is 1. The fraction of sp³-hybridized carbons (Fsp3) is 0.706. The Balaban J connectivity index is 2.06. The van der Waals surface area contributed by atoms with Gasteiger partial charge in [-0.2, -0.15) is 0 Å². The molecule has 0 amide bonds. The van der Waals surface area contributed by atoms with Gasteiger partial charge in [0.05, 0.1) is 0 Å². The summed E-state index contributed by atoms with van der Waals surface area (Å²) >= 11 is 0. The lowest BCUT2D eigenvalue weighted by Crippen LogP contribution is -2.44. The smallest absolute Gasteiger partial charge is 0.131 e. The highest BCUT2D eigenvalue weighted by Crippen LogP contribution is 2.24. The third kappa shape index (κ3) is 4.17. The largest absolute Gasteiger partial charge is 0.356 e. The van der Waals surface area contributed by atoms with E-state index >= 15 is 0 Å². The molecule has 0 aliphatic carbocycles. The third-order valence-electron chi connectivity index (χ3n) is 4.76. The Hall–Kier alpha value is -1.13. The second-order valence-electron chi connectivity index (χ2n) is 6.13. The summed E-state index contributed by atoms with van der Waals surface area (Å²) in [6.45, 7) is 7.94. The monoisotopic (exact) mass is 290 g/mol. The Bertz CT molecular complexity index is 427. The van der Waals surface area contributed by atoms with E-state index < -0.39 is 0 Å². The number of hydrogen-bond donors (Lipinski definition) is 1. The van der Waals surface area contributed by atoms with Gasteiger partial charge in [0.1, 0.15) is 5.82 Å². The van der Waals surface area contributed by atoms with Crippen LogP contribution in [0.3, 0.4) is 0 Å². The van der Waals surface area contributed by atoms with E-state index in [0.29, 0.717) is 6.04 Å². The standard InChI is InChI=1S/C17H30N4/c1-4-15(18)13-14-7-6-10-19-17(14)20(3)16-8-11-21(5-2)12-9-16/h6-7,10,15-16H,4-5,8-9,11-13,18H2,1-3H3. The van der Waals surface area contributed by atoms with Crippen LogP contribution in [-0.2, 0) is 6.42 Å². The van der Waals surface area contributed by atoms with Crippen LogP contribution in [0.5, 0.6) is 0 Å². The van der Waals surface area contributed by atoms with Gasteiger partial charge in [-0.15, -0.1) is 0 Å². The highest BCUT2D eigenvalue weighted by Gasteiger charge is 2.24. The van der Waals surface area contributed by atoms with E-state index in [1.165, 1.54) is 31.5 Å². The minimum Gasteiger partial charge on any atom is -0.356 e. The molecule has 1 aromatic rings. The second-order valence-corrected chi connectivity index (χ2v) is 6.13. The highest BCUT2D eigenvalue weighted by molar-refractivity contribution is 5.47. The summed E-state index contributed by atoms with van der Waals surface area (Å²) in [7, 11) is 2.19. The maximum atomic E-state index is 6.14. The molecule has 1 unspecified atom stereocenters. The van der Waals surface area contributed by atoms with Gasteiger partial charge in [-0.05, 0) is 43.9 Å². The van der Waals surface area contributed by atoms with Gasteiger partial charge >= 0.3 is 0 Å². The molecule has 1 saturated heterocycles. The summed E-state index contributed by atoms with van der Waals surface area (Å²) in [5.74, 6) is 1.12. The molecule has 1 atom stereocenters. The number of nitrogens with zero attached hydrogens (tertiary/aromatic N) is 3. The number of pyridine rings is 1. The lowest BCUT2D eigenvalue weighted by atomic mass is 10.0. The lowest BCUT2D eigenvalue weighted by Gasteiger charge is -2.37. The van der Waals surface area contributed by atoms with Gasteiger partial charge < -0.3 is 15.5 Å². The van der Waals surface area contributed by atoms with Crippen molar-refractivity contribution in [3.8, 4) is 0 Å². The molecule has 0 radical (unpaired) electrons. The first-order valence-electron chi connectivity index (χ1n) is 8.30. The Morgan fingerprint density at radius 2 is 2.10 bits per heavy atom. The Kier molecular flexibility index (Phi) is 6.00. The van der Waals surface area contributed by atoms with Gasteiger partial charge in [0, 0.05) is 38.4 Å². The molecule has 2 heterocycles. The Morgan fingerprint density at radius 3 is 2.71 bits per heavy atom. The maximum Gasteiger partial charge on any atom is 0.131 e. The van der Waals surface area contributed by atoms with Crippen molar-refractivity contribution in [2.75, 3.05) is 31.6 Å². The summed E-state index contributed by atoms with van der Waals surface area (Å²) < 4.78 is 0. The molecule has 4 heteroatoms. The average Bonchev–Trinajstić information content (AvgIpc) is 2.54. The highest BCUT2D eigenvalue weighted by atomic mass is 15.2. The van der Waals surface area contributed by atoms with Crippen LogP contribution in [-0.4, -0.2) is 48.6 Å². The molecular formula is C17H30N4. The molecular weight excluding hydrogens is 260 g/mol. The molecule has 0 bridgehead atoms. The molecule has 2 N–H and O–H groups in total. The van der Waals surface area contributed by atoms with Gasteiger partial charge in [-0.3, -0.25) is 0 Å². The predicted molar refractivity (Wildman–Crippen MR) is 89.7 cm³/mol.